The number of benzene rings is 1. The van der Waals surface area contributed by atoms with E-state index in [0.29, 0.717) is 24.1 Å². The predicted octanol–water partition coefficient (Wildman–Crippen LogP) is 2.85. The number of urea groups is 1. The Labute approximate surface area is 193 Å². The summed E-state index contributed by atoms with van der Waals surface area (Å²) in [5, 5.41) is 2.47. The number of Topliss-reactive ketones (excluding diaryl/α,β-unsaturated/α-hetero) is 2. The van der Waals surface area contributed by atoms with Crippen LogP contribution < -0.4 is 5.32 Å². The van der Waals surface area contributed by atoms with Crippen molar-refractivity contribution in [2.75, 3.05) is 20.8 Å². The topological polar surface area (TPSA) is 102 Å². The number of ketones is 2. The molecule has 33 heavy (non-hydrogen) atoms. The second-order valence-electron chi connectivity index (χ2n) is 8.36. The van der Waals surface area contributed by atoms with Crippen molar-refractivity contribution in [3.63, 3.8) is 0 Å². The SMILES string of the molecule is COC1=C(OC)C(=O)C(Cc2ccc(CCC(=O)NC(=O)N3CCC[C@H]3C)cc2)=C(C)C1=O. The van der Waals surface area contributed by atoms with Gasteiger partial charge in [-0.2, -0.15) is 0 Å². The fourth-order valence-electron chi connectivity index (χ4n) is 4.18. The molecule has 1 fully saturated rings. The number of nitrogens with zero attached hydrogens (tertiary/aromatic N) is 1. The average Bonchev–Trinajstić information content (AvgIpc) is 3.24. The highest BCUT2D eigenvalue weighted by Crippen LogP contribution is 2.28. The number of methoxy groups -OCH3 is 2. The Balaban J connectivity index is 1.58. The molecule has 0 radical (unpaired) electrons. The number of rotatable bonds is 7. The van der Waals surface area contributed by atoms with Gasteiger partial charge < -0.3 is 14.4 Å². The first kappa shape index (κ1) is 24.2. The summed E-state index contributed by atoms with van der Waals surface area (Å²) in [7, 11) is 2.67. The Bertz CT molecular complexity index is 1020. The van der Waals surface area contributed by atoms with Crippen molar-refractivity contribution >= 4 is 23.5 Å². The zero-order valence-corrected chi connectivity index (χ0v) is 19.5. The van der Waals surface area contributed by atoms with Crippen LogP contribution in [0.25, 0.3) is 0 Å². The van der Waals surface area contributed by atoms with Crippen molar-refractivity contribution in [3.05, 3.63) is 58.1 Å². The van der Waals surface area contributed by atoms with Gasteiger partial charge >= 0.3 is 6.03 Å². The first-order valence-electron chi connectivity index (χ1n) is 11.1. The van der Waals surface area contributed by atoms with Crippen LogP contribution in [0.5, 0.6) is 0 Å². The fraction of sp³-hybridized carbons (Fsp3) is 0.440. The van der Waals surface area contributed by atoms with E-state index < -0.39 is 0 Å². The first-order valence-corrected chi connectivity index (χ1v) is 11.1. The molecular weight excluding hydrogens is 424 g/mol. The first-order chi connectivity index (χ1) is 15.8. The maximum Gasteiger partial charge on any atom is 0.324 e. The molecule has 0 bridgehead atoms. The lowest BCUT2D eigenvalue weighted by atomic mass is 9.88. The van der Waals surface area contributed by atoms with Crippen LogP contribution in [0.1, 0.15) is 44.2 Å². The van der Waals surface area contributed by atoms with Gasteiger partial charge in [0.2, 0.25) is 29.0 Å². The van der Waals surface area contributed by atoms with Crippen LogP contribution in [0.15, 0.2) is 46.9 Å². The zero-order valence-electron chi connectivity index (χ0n) is 19.5. The molecule has 1 aromatic carbocycles. The summed E-state index contributed by atoms with van der Waals surface area (Å²) in [4.78, 5) is 51.4. The third-order valence-corrected chi connectivity index (χ3v) is 6.20. The lowest BCUT2D eigenvalue weighted by Crippen LogP contribution is -2.44. The molecular formula is C25H30N2O6. The van der Waals surface area contributed by atoms with Crippen LogP contribution in [0.2, 0.25) is 0 Å². The van der Waals surface area contributed by atoms with E-state index in [4.69, 9.17) is 9.47 Å². The minimum absolute atomic E-state index is 0.0740. The number of imide groups is 1. The fourth-order valence-corrected chi connectivity index (χ4v) is 4.18. The van der Waals surface area contributed by atoms with Gasteiger partial charge in [-0.3, -0.25) is 19.7 Å². The predicted molar refractivity (Wildman–Crippen MR) is 121 cm³/mol. The molecule has 1 saturated heterocycles. The number of allylic oxidation sites excluding steroid dienone is 2. The summed E-state index contributed by atoms with van der Waals surface area (Å²) in [6, 6.07) is 7.33. The molecule has 3 rings (SSSR count). The van der Waals surface area contributed by atoms with E-state index in [9.17, 15) is 19.2 Å². The molecule has 0 unspecified atom stereocenters. The molecule has 1 aromatic rings. The quantitative estimate of drug-likeness (QED) is 0.636. The Kier molecular flexibility index (Phi) is 7.68. The molecule has 8 nitrogen and oxygen atoms in total. The minimum atomic E-state index is -0.357. The van der Waals surface area contributed by atoms with Crippen molar-refractivity contribution in [1.82, 2.24) is 10.2 Å². The number of hydrogen-bond acceptors (Lipinski definition) is 6. The standard InChI is InChI=1S/C25H30N2O6/c1-15-6-5-13-27(15)25(31)26-20(28)12-11-17-7-9-18(10-8-17)14-19-16(2)21(29)23(32-3)24(33-4)22(19)30/h7-10,15H,5-6,11-14H2,1-4H3,(H,26,28,31)/t15-/m1/s1. The maximum atomic E-state index is 12.8. The van der Waals surface area contributed by atoms with Crippen molar-refractivity contribution in [2.45, 2.75) is 52.0 Å². The third kappa shape index (κ3) is 5.32. The van der Waals surface area contributed by atoms with Gasteiger partial charge in [-0.1, -0.05) is 24.3 Å². The van der Waals surface area contributed by atoms with E-state index in [0.717, 1.165) is 24.0 Å². The number of carbonyl (C=O) groups excluding carboxylic acids is 4. The molecule has 0 saturated carbocycles. The summed E-state index contributed by atoms with van der Waals surface area (Å²) in [5.74, 6) is -1.17. The Morgan fingerprint density at radius 1 is 1.03 bits per heavy atom. The van der Waals surface area contributed by atoms with Gasteiger partial charge in [-0.05, 0) is 44.2 Å². The van der Waals surface area contributed by atoms with Crippen molar-refractivity contribution in [1.29, 1.82) is 0 Å². The molecule has 0 spiro atoms. The normalized spacial score (nSPS) is 18.7. The van der Waals surface area contributed by atoms with E-state index >= 15 is 0 Å². The van der Waals surface area contributed by atoms with Gasteiger partial charge in [0.15, 0.2) is 0 Å². The van der Waals surface area contributed by atoms with Crippen LogP contribution in [0.3, 0.4) is 0 Å². The lowest BCUT2D eigenvalue weighted by molar-refractivity contribution is -0.121. The zero-order chi connectivity index (χ0) is 24.1. The summed E-state index contributed by atoms with van der Waals surface area (Å²) < 4.78 is 10.2. The van der Waals surface area contributed by atoms with Gasteiger partial charge in [-0.25, -0.2) is 4.79 Å². The van der Waals surface area contributed by atoms with Gasteiger partial charge in [0.25, 0.3) is 0 Å². The average molecular weight is 455 g/mol. The van der Waals surface area contributed by atoms with Gasteiger partial charge in [0.1, 0.15) is 0 Å². The van der Waals surface area contributed by atoms with Gasteiger partial charge in [0.05, 0.1) is 14.2 Å². The Morgan fingerprint density at radius 3 is 2.21 bits per heavy atom. The van der Waals surface area contributed by atoms with E-state index in [1.54, 1.807) is 11.8 Å². The highest BCUT2D eigenvalue weighted by atomic mass is 16.5. The van der Waals surface area contributed by atoms with E-state index in [2.05, 4.69) is 5.32 Å². The molecule has 8 heteroatoms. The minimum Gasteiger partial charge on any atom is -0.489 e. The van der Waals surface area contributed by atoms with Crippen LogP contribution in [-0.4, -0.2) is 55.2 Å². The van der Waals surface area contributed by atoms with E-state index in [1.165, 1.54) is 14.2 Å². The number of nitrogens with one attached hydrogen (secondary N) is 1. The summed E-state index contributed by atoms with van der Waals surface area (Å²) >= 11 is 0. The van der Waals surface area contributed by atoms with Crippen molar-refractivity contribution in [2.24, 2.45) is 0 Å². The monoisotopic (exact) mass is 454 g/mol. The molecule has 1 N–H and O–H groups in total. The van der Waals surface area contributed by atoms with Gasteiger partial charge in [-0.15, -0.1) is 0 Å². The Hall–Kier alpha value is -3.42. The van der Waals surface area contributed by atoms with Crippen molar-refractivity contribution in [3.8, 4) is 0 Å². The highest BCUT2D eigenvalue weighted by Gasteiger charge is 2.34. The third-order valence-electron chi connectivity index (χ3n) is 6.20. The van der Waals surface area contributed by atoms with Crippen molar-refractivity contribution < 1.29 is 28.7 Å². The largest absolute Gasteiger partial charge is 0.489 e. The Morgan fingerprint density at radius 2 is 1.64 bits per heavy atom. The molecule has 0 aromatic heterocycles. The number of aryl methyl sites for hydroxylation is 1. The van der Waals surface area contributed by atoms with E-state index in [-0.39, 0.29) is 53.9 Å². The molecule has 176 valence electrons. The summed E-state index contributed by atoms with van der Waals surface area (Å²) in [6.45, 7) is 4.27. The number of hydrogen-bond donors (Lipinski definition) is 1. The second kappa shape index (κ2) is 10.5. The molecule has 2 aliphatic rings. The molecule has 1 aliphatic carbocycles. The van der Waals surface area contributed by atoms with Crippen LogP contribution in [-0.2, 0) is 36.7 Å². The highest BCUT2D eigenvalue weighted by molar-refractivity contribution is 6.23. The molecule has 3 amide bonds. The van der Waals surface area contributed by atoms with Crippen LogP contribution in [0.4, 0.5) is 4.79 Å². The molecule has 1 heterocycles. The second-order valence-corrected chi connectivity index (χ2v) is 8.36. The van der Waals surface area contributed by atoms with Crippen LogP contribution >= 0.6 is 0 Å². The smallest absolute Gasteiger partial charge is 0.324 e. The number of ether oxygens (including phenoxy) is 2. The number of amides is 3. The maximum absolute atomic E-state index is 12.8. The van der Waals surface area contributed by atoms with Crippen LogP contribution in [0, 0.1) is 0 Å². The summed E-state index contributed by atoms with van der Waals surface area (Å²) in [5.41, 5.74) is 2.51. The molecule has 1 aliphatic heterocycles. The van der Waals surface area contributed by atoms with E-state index in [1.807, 2.05) is 31.2 Å². The summed E-state index contributed by atoms with van der Waals surface area (Å²) in [6.07, 6.45) is 2.89. The lowest BCUT2D eigenvalue weighted by Gasteiger charge is -2.21. The molecule has 1 atom stereocenters. The number of likely N-dealkylation sites (tertiary alicyclic amines) is 1. The number of carbonyl (C=O) groups is 4. The van der Waals surface area contributed by atoms with Gasteiger partial charge in [0, 0.05) is 36.6 Å².